The van der Waals surface area contributed by atoms with Crippen molar-refractivity contribution < 1.29 is 9.47 Å². The van der Waals surface area contributed by atoms with Crippen LogP contribution in [0.15, 0.2) is 0 Å². The number of hydrogen-bond acceptors (Lipinski definition) is 3. The van der Waals surface area contributed by atoms with Gasteiger partial charge >= 0.3 is 0 Å². The van der Waals surface area contributed by atoms with E-state index in [1.165, 1.54) is 0 Å². The summed E-state index contributed by atoms with van der Waals surface area (Å²) >= 11 is 0. The Morgan fingerprint density at radius 2 is 2.17 bits per heavy atom. The van der Waals surface area contributed by atoms with Crippen molar-refractivity contribution in [2.24, 2.45) is 0 Å². The summed E-state index contributed by atoms with van der Waals surface area (Å²) in [5.74, 6) is -0.370. The van der Waals surface area contributed by atoms with Crippen LogP contribution in [0.5, 0.6) is 0 Å². The van der Waals surface area contributed by atoms with Gasteiger partial charge in [0.1, 0.15) is 12.2 Å². The molecular formula is C9H17NO2. The molecule has 0 aromatic carbocycles. The van der Waals surface area contributed by atoms with Crippen LogP contribution < -0.4 is 5.32 Å². The summed E-state index contributed by atoms with van der Waals surface area (Å²) in [5, 5.41) is 3.40. The summed E-state index contributed by atoms with van der Waals surface area (Å²) in [4.78, 5) is 0. The zero-order valence-corrected chi connectivity index (χ0v) is 7.96. The Morgan fingerprint density at radius 1 is 1.42 bits per heavy atom. The smallest absolute Gasteiger partial charge is 0.163 e. The first-order valence-electron chi connectivity index (χ1n) is 4.71. The Labute approximate surface area is 73.4 Å². The van der Waals surface area contributed by atoms with Crippen LogP contribution in [-0.4, -0.2) is 30.6 Å². The minimum atomic E-state index is -0.370. The van der Waals surface area contributed by atoms with E-state index in [9.17, 15) is 0 Å². The molecule has 2 rings (SSSR count). The van der Waals surface area contributed by atoms with E-state index in [1.54, 1.807) is 0 Å². The van der Waals surface area contributed by atoms with E-state index in [0.29, 0.717) is 6.04 Å². The van der Waals surface area contributed by atoms with Crippen LogP contribution in [0, 0.1) is 0 Å². The van der Waals surface area contributed by atoms with Crippen LogP contribution in [0.4, 0.5) is 0 Å². The average Bonchev–Trinajstić information content (AvgIpc) is 2.42. The first-order valence-corrected chi connectivity index (χ1v) is 4.71. The van der Waals surface area contributed by atoms with E-state index >= 15 is 0 Å². The van der Waals surface area contributed by atoms with Gasteiger partial charge in [-0.25, -0.2) is 0 Å². The number of fused-ring (bicyclic) bond motifs is 1. The molecule has 3 heteroatoms. The first kappa shape index (κ1) is 8.48. The molecule has 0 amide bonds. The molecular weight excluding hydrogens is 154 g/mol. The average molecular weight is 171 g/mol. The maximum Gasteiger partial charge on any atom is 0.163 e. The molecule has 2 aliphatic rings. The van der Waals surface area contributed by atoms with Gasteiger partial charge in [0.05, 0.1) is 0 Å². The molecule has 0 radical (unpaired) electrons. The highest BCUT2D eigenvalue weighted by atomic mass is 16.8. The summed E-state index contributed by atoms with van der Waals surface area (Å²) < 4.78 is 11.5. The van der Waals surface area contributed by atoms with Crippen molar-refractivity contribution in [3.05, 3.63) is 0 Å². The molecule has 0 aromatic heterocycles. The van der Waals surface area contributed by atoms with Gasteiger partial charge in [-0.05, 0) is 20.3 Å². The Kier molecular flexibility index (Phi) is 1.90. The molecule has 12 heavy (non-hydrogen) atoms. The Hall–Kier alpha value is -0.120. The van der Waals surface area contributed by atoms with Gasteiger partial charge in [0, 0.05) is 12.6 Å². The van der Waals surface area contributed by atoms with E-state index in [-0.39, 0.29) is 18.0 Å². The number of hydrogen-bond donors (Lipinski definition) is 1. The van der Waals surface area contributed by atoms with Gasteiger partial charge in [0.2, 0.25) is 0 Å². The van der Waals surface area contributed by atoms with E-state index in [1.807, 2.05) is 13.8 Å². The molecule has 2 heterocycles. The van der Waals surface area contributed by atoms with Gasteiger partial charge in [-0.1, -0.05) is 6.92 Å². The molecule has 3 atom stereocenters. The lowest BCUT2D eigenvalue weighted by molar-refractivity contribution is -0.152. The topological polar surface area (TPSA) is 30.5 Å². The van der Waals surface area contributed by atoms with Crippen molar-refractivity contribution in [1.29, 1.82) is 0 Å². The van der Waals surface area contributed by atoms with Gasteiger partial charge < -0.3 is 14.8 Å². The Balaban J connectivity index is 2.06. The molecule has 1 unspecified atom stereocenters. The second kappa shape index (κ2) is 2.69. The molecule has 3 nitrogen and oxygen atoms in total. The lowest BCUT2D eigenvalue weighted by Gasteiger charge is -2.21. The van der Waals surface area contributed by atoms with Crippen LogP contribution in [0.1, 0.15) is 27.2 Å². The van der Waals surface area contributed by atoms with Gasteiger partial charge in [0.15, 0.2) is 5.79 Å². The lowest BCUT2D eigenvalue weighted by Crippen LogP contribution is -2.34. The van der Waals surface area contributed by atoms with Gasteiger partial charge in [-0.2, -0.15) is 0 Å². The maximum absolute atomic E-state index is 5.79. The summed E-state index contributed by atoms with van der Waals surface area (Å²) in [5.41, 5.74) is 0. The molecule has 70 valence electrons. The minimum absolute atomic E-state index is 0.268. The minimum Gasteiger partial charge on any atom is -0.343 e. The van der Waals surface area contributed by atoms with Crippen molar-refractivity contribution in [1.82, 2.24) is 5.32 Å². The molecule has 2 aliphatic heterocycles. The third kappa shape index (κ3) is 1.26. The highest BCUT2D eigenvalue weighted by Gasteiger charge is 2.48. The van der Waals surface area contributed by atoms with Crippen LogP contribution in [0.3, 0.4) is 0 Å². The summed E-state index contributed by atoms with van der Waals surface area (Å²) in [7, 11) is 0. The zero-order chi connectivity index (χ0) is 8.77. The lowest BCUT2D eigenvalue weighted by atomic mass is 10.1. The molecule has 0 saturated carbocycles. The second-order valence-electron chi connectivity index (χ2n) is 4.06. The standard InChI is InChI=1S/C9H17NO2/c1-4-6-8-7(5-10-6)11-9(2,3)12-8/h6-8,10H,4-5H2,1-3H3/t6-,7?,8+/m1/s1. The molecule has 1 N–H and O–H groups in total. The summed E-state index contributed by atoms with van der Waals surface area (Å²) in [6.07, 6.45) is 1.65. The summed E-state index contributed by atoms with van der Waals surface area (Å²) in [6, 6.07) is 0.483. The fourth-order valence-corrected chi connectivity index (χ4v) is 2.12. The van der Waals surface area contributed by atoms with Crippen molar-refractivity contribution in [2.75, 3.05) is 6.54 Å². The molecule has 2 fully saturated rings. The molecule has 0 bridgehead atoms. The van der Waals surface area contributed by atoms with E-state index < -0.39 is 0 Å². The van der Waals surface area contributed by atoms with Crippen molar-refractivity contribution in [2.45, 2.75) is 51.2 Å². The SMILES string of the molecule is CC[C@H]1NCC2OC(C)(C)O[C@H]21. The fourth-order valence-electron chi connectivity index (χ4n) is 2.12. The van der Waals surface area contributed by atoms with Crippen LogP contribution in [0.2, 0.25) is 0 Å². The Morgan fingerprint density at radius 3 is 2.83 bits per heavy atom. The predicted molar refractivity (Wildman–Crippen MR) is 45.9 cm³/mol. The quantitative estimate of drug-likeness (QED) is 0.635. The largest absolute Gasteiger partial charge is 0.343 e. The highest BCUT2D eigenvalue weighted by molar-refractivity contribution is 4.96. The zero-order valence-electron chi connectivity index (χ0n) is 7.96. The van der Waals surface area contributed by atoms with Gasteiger partial charge in [0.25, 0.3) is 0 Å². The second-order valence-corrected chi connectivity index (χ2v) is 4.06. The van der Waals surface area contributed by atoms with Gasteiger partial charge in [-0.15, -0.1) is 0 Å². The third-order valence-corrected chi connectivity index (χ3v) is 2.64. The predicted octanol–water partition coefficient (Wildman–Crippen LogP) is 0.888. The van der Waals surface area contributed by atoms with Crippen molar-refractivity contribution in [3.8, 4) is 0 Å². The van der Waals surface area contributed by atoms with Crippen LogP contribution in [-0.2, 0) is 9.47 Å². The Bertz CT molecular complexity index is 181. The molecule has 0 aliphatic carbocycles. The molecule has 0 aromatic rings. The maximum atomic E-state index is 5.79. The molecule has 2 saturated heterocycles. The van der Waals surface area contributed by atoms with E-state index in [2.05, 4.69) is 12.2 Å². The molecule has 0 spiro atoms. The first-order chi connectivity index (χ1) is 5.62. The van der Waals surface area contributed by atoms with Crippen molar-refractivity contribution >= 4 is 0 Å². The number of nitrogens with one attached hydrogen (secondary N) is 1. The van der Waals surface area contributed by atoms with Crippen LogP contribution >= 0.6 is 0 Å². The van der Waals surface area contributed by atoms with Gasteiger partial charge in [-0.3, -0.25) is 0 Å². The van der Waals surface area contributed by atoms with Crippen molar-refractivity contribution in [3.63, 3.8) is 0 Å². The third-order valence-electron chi connectivity index (χ3n) is 2.64. The number of ether oxygens (including phenoxy) is 2. The van der Waals surface area contributed by atoms with E-state index in [0.717, 1.165) is 13.0 Å². The normalized spacial score (nSPS) is 44.8. The number of rotatable bonds is 1. The van der Waals surface area contributed by atoms with E-state index in [4.69, 9.17) is 9.47 Å². The van der Waals surface area contributed by atoms with Crippen LogP contribution in [0.25, 0.3) is 0 Å². The summed E-state index contributed by atoms with van der Waals surface area (Å²) in [6.45, 7) is 7.08. The fraction of sp³-hybridized carbons (Fsp3) is 1.00. The highest BCUT2D eigenvalue weighted by Crippen LogP contribution is 2.33. The monoisotopic (exact) mass is 171 g/mol.